The van der Waals surface area contributed by atoms with Crippen LogP contribution in [0.2, 0.25) is 20.1 Å². The molecule has 2 aromatic heterocycles. The van der Waals surface area contributed by atoms with Crippen LogP contribution in [-0.4, -0.2) is 71.3 Å². The highest BCUT2D eigenvalue weighted by Crippen LogP contribution is 2.29. The Morgan fingerprint density at radius 1 is 0.673 bits per heavy atom. The summed E-state index contributed by atoms with van der Waals surface area (Å²) >= 11 is 26.9. The number of benzene rings is 2. The minimum Gasteiger partial charge on any atom is -0.493 e. The van der Waals surface area contributed by atoms with Crippen molar-refractivity contribution in [3.63, 3.8) is 0 Å². The van der Waals surface area contributed by atoms with Crippen molar-refractivity contribution in [2.24, 2.45) is 11.8 Å². The summed E-state index contributed by atoms with van der Waals surface area (Å²) in [6.45, 7) is 4.63. The first kappa shape index (κ1) is 40.2. The third kappa shape index (κ3) is 13.4. The Bertz CT molecular complexity index is 1670. The number of aromatic nitrogens is 2. The van der Waals surface area contributed by atoms with Gasteiger partial charge in [-0.05, 0) is 80.7 Å². The van der Waals surface area contributed by atoms with Crippen LogP contribution in [0.4, 0.5) is 9.59 Å². The van der Waals surface area contributed by atoms with E-state index in [2.05, 4.69) is 9.97 Å². The molecule has 0 aliphatic carbocycles. The number of amides is 2. The maximum Gasteiger partial charge on any atom is 0.410 e. The largest absolute Gasteiger partial charge is 0.493 e. The van der Waals surface area contributed by atoms with E-state index < -0.39 is 0 Å². The predicted octanol–water partition coefficient (Wildman–Crippen LogP) is 10.5. The fourth-order valence-electron chi connectivity index (χ4n) is 5.76. The lowest BCUT2D eigenvalue weighted by Crippen LogP contribution is -2.39. The van der Waals surface area contributed by atoms with Crippen molar-refractivity contribution in [2.75, 3.05) is 39.4 Å². The second-order valence-electron chi connectivity index (χ2n) is 12.4. The van der Waals surface area contributed by atoms with Gasteiger partial charge in [-0.25, -0.2) is 9.59 Å². The monoisotopic (exact) mass is 828 g/mol. The summed E-state index contributed by atoms with van der Waals surface area (Å²) in [6.07, 6.45) is 8.60. The third-order valence-corrected chi connectivity index (χ3v) is 11.2. The first-order valence-corrected chi connectivity index (χ1v) is 20.2. The van der Waals surface area contributed by atoms with E-state index in [9.17, 15) is 9.59 Å². The molecule has 16 heteroatoms. The molecule has 0 saturated carbocycles. The number of nitrogens with zero attached hydrogens (tertiary/aromatic N) is 4. The minimum absolute atomic E-state index is 0.248. The molecule has 2 aliphatic rings. The Morgan fingerprint density at radius 2 is 1.17 bits per heavy atom. The Morgan fingerprint density at radius 3 is 1.65 bits per heavy atom. The van der Waals surface area contributed by atoms with Crippen LogP contribution in [0.1, 0.15) is 48.3 Å². The van der Waals surface area contributed by atoms with Gasteiger partial charge in [-0.2, -0.15) is 0 Å². The average molecular weight is 831 g/mol. The minimum atomic E-state index is -0.251. The number of carbonyl (C=O) groups excluding carboxylic acids is 2. The lowest BCUT2D eigenvalue weighted by atomic mass is 9.94. The topological polar surface area (TPSA) is 103 Å². The van der Waals surface area contributed by atoms with Crippen LogP contribution in [-0.2, 0) is 22.7 Å². The summed E-state index contributed by atoms with van der Waals surface area (Å²) < 4.78 is 22.2. The van der Waals surface area contributed by atoms with Gasteiger partial charge in [0.25, 0.3) is 0 Å². The summed E-state index contributed by atoms with van der Waals surface area (Å²) in [4.78, 5) is 37.6. The van der Waals surface area contributed by atoms with E-state index in [1.54, 1.807) is 69.6 Å². The summed E-state index contributed by atoms with van der Waals surface area (Å²) in [5.41, 5.74) is 3.46. The zero-order valence-corrected chi connectivity index (χ0v) is 33.1. The highest BCUT2D eigenvalue weighted by Gasteiger charge is 2.25. The Balaban J connectivity index is 0.000000201. The second kappa shape index (κ2) is 21.0. The number of rotatable bonds is 12. The van der Waals surface area contributed by atoms with Crippen molar-refractivity contribution >= 4 is 81.3 Å². The van der Waals surface area contributed by atoms with Crippen LogP contribution in [0, 0.1) is 11.8 Å². The van der Waals surface area contributed by atoms with Crippen molar-refractivity contribution in [1.29, 1.82) is 0 Å². The van der Waals surface area contributed by atoms with E-state index in [1.165, 1.54) is 22.7 Å². The molecule has 10 nitrogen and oxygen atoms in total. The highest BCUT2D eigenvalue weighted by molar-refractivity contribution is 7.09. The number of halogens is 4. The first-order chi connectivity index (χ1) is 25.2. The van der Waals surface area contributed by atoms with Crippen molar-refractivity contribution in [3.8, 4) is 11.5 Å². The SMILES string of the molecule is O=C(OCc1cncs1)N1CCC(CCOc2cc(Cl)cc(Cl)c2)CC1.O=C(OCc1cncs1)N1CCC(CCOc2cc(Cl)ccc2Cl)CC1. The molecule has 2 amide bonds. The molecular formula is C36H40Cl4N4O6S2. The number of carbonyl (C=O) groups is 2. The maximum absolute atomic E-state index is 12.1. The van der Waals surface area contributed by atoms with Gasteiger partial charge in [-0.15, -0.1) is 22.7 Å². The number of likely N-dealkylation sites (tertiary alicyclic amines) is 2. The smallest absolute Gasteiger partial charge is 0.410 e. The molecule has 2 saturated heterocycles. The second-order valence-corrected chi connectivity index (χ2v) is 16.0. The number of hydrogen-bond acceptors (Lipinski definition) is 10. The molecule has 0 radical (unpaired) electrons. The molecule has 2 fully saturated rings. The van der Waals surface area contributed by atoms with Crippen LogP contribution in [0.25, 0.3) is 0 Å². The average Bonchev–Trinajstić information content (AvgIpc) is 3.87. The van der Waals surface area contributed by atoms with Gasteiger partial charge in [0.05, 0.1) is 39.0 Å². The molecule has 52 heavy (non-hydrogen) atoms. The van der Waals surface area contributed by atoms with E-state index >= 15 is 0 Å². The van der Waals surface area contributed by atoms with Gasteiger partial charge < -0.3 is 28.7 Å². The van der Waals surface area contributed by atoms with E-state index in [-0.39, 0.29) is 18.8 Å². The Kier molecular flexibility index (Phi) is 16.3. The van der Waals surface area contributed by atoms with Crippen molar-refractivity contribution in [1.82, 2.24) is 19.8 Å². The summed E-state index contributed by atoms with van der Waals surface area (Å²) in [5.74, 6) is 2.36. The molecular weight excluding hydrogens is 790 g/mol. The molecule has 4 heterocycles. The van der Waals surface area contributed by atoms with Crippen LogP contribution in [0.3, 0.4) is 0 Å². The van der Waals surface area contributed by atoms with E-state index in [0.29, 0.717) is 76.3 Å². The molecule has 0 unspecified atom stereocenters. The van der Waals surface area contributed by atoms with E-state index in [4.69, 9.17) is 65.4 Å². The number of piperidine rings is 2. The lowest BCUT2D eigenvalue weighted by Gasteiger charge is -2.31. The lowest BCUT2D eigenvalue weighted by molar-refractivity contribution is 0.0800. The van der Waals surface area contributed by atoms with Gasteiger partial charge >= 0.3 is 12.2 Å². The van der Waals surface area contributed by atoms with Crippen LogP contribution in [0.15, 0.2) is 59.8 Å². The molecule has 0 spiro atoms. The van der Waals surface area contributed by atoms with E-state index in [1.807, 2.05) is 0 Å². The molecule has 2 aromatic carbocycles. The third-order valence-electron chi connectivity index (χ3n) is 8.70. The van der Waals surface area contributed by atoms with E-state index in [0.717, 1.165) is 61.4 Å². The quantitative estimate of drug-likeness (QED) is 0.139. The standard InChI is InChI=1S/2C18H20Cl2N2O3S/c19-14-7-15(20)9-16(8-14)24-6-3-13-1-4-22(5-2-13)18(23)25-11-17-10-21-12-26-17;19-14-1-2-16(20)17(9-14)24-8-5-13-3-6-22(7-4-13)18(23)25-11-15-10-21-12-26-15/h7-10,12-13H,1-6,11H2;1-2,9-10,12-13H,3-8,11H2. The van der Waals surface area contributed by atoms with Crippen molar-refractivity contribution < 1.29 is 28.5 Å². The fraction of sp³-hybridized carbons (Fsp3) is 0.444. The van der Waals surface area contributed by atoms with Gasteiger partial charge in [0.15, 0.2) is 0 Å². The molecule has 4 aromatic rings. The van der Waals surface area contributed by atoms with Gasteiger partial charge in [-0.1, -0.05) is 46.4 Å². The number of thiazole rings is 2. The van der Waals surface area contributed by atoms with Gasteiger partial charge in [0.1, 0.15) is 24.7 Å². The Labute approximate surface area is 331 Å². The summed E-state index contributed by atoms with van der Waals surface area (Å²) in [6, 6.07) is 10.4. The number of hydrogen-bond donors (Lipinski definition) is 0. The van der Waals surface area contributed by atoms with Gasteiger partial charge in [-0.3, -0.25) is 9.97 Å². The van der Waals surface area contributed by atoms with Crippen LogP contribution in [0.5, 0.6) is 11.5 Å². The first-order valence-electron chi connectivity index (χ1n) is 17.0. The number of ether oxygens (including phenoxy) is 4. The maximum atomic E-state index is 12.1. The van der Waals surface area contributed by atoms with Crippen LogP contribution >= 0.6 is 69.1 Å². The van der Waals surface area contributed by atoms with Crippen LogP contribution < -0.4 is 9.47 Å². The molecule has 6 rings (SSSR count). The van der Waals surface area contributed by atoms with Gasteiger partial charge in [0.2, 0.25) is 0 Å². The highest BCUT2D eigenvalue weighted by atomic mass is 35.5. The fourth-order valence-corrected chi connectivity index (χ4v) is 7.61. The normalized spacial score (nSPS) is 15.1. The molecule has 0 N–H and O–H groups in total. The van der Waals surface area contributed by atoms with Crippen molar-refractivity contribution in [2.45, 2.75) is 51.7 Å². The summed E-state index contributed by atoms with van der Waals surface area (Å²) in [7, 11) is 0. The summed E-state index contributed by atoms with van der Waals surface area (Å²) in [5, 5.41) is 2.30. The molecule has 0 atom stereocenters. The zero-order chi connectivity index (χ0) is 36.7. The Hall–Kier alpha value is -3.00. The van der Waals surface area contributed by atoms with Crippen molar-refractivity contribution in [3.05, 3.63) is 89.7 Å². The zero-order valence-electron chi connectivity index (χ0n) is 28.4. The predicted molar refractivity (Wildman–Crippen MR) is 206 cm³/mol. The van der Waals surface area contributed by atoms with Gasteiger partial charge in [0, 0.05) is 59.7 Å². The molecule has 0 bridgehead atoms. The molecule has 280 valence electrons. The molecule has 2 aliphatic heterocycles.